The molecule has 0 saturated heterocycles. The fourth-order valence-corrected chi connectivity index (χ4v) is 1.94. The largest absolute Gasteiger partial charge is 0.481 e. The summed E-state index contributed by atoms with van der Waals surface area (Å²) >= 11 is 0. The van der Waals surface area contributed by atoms with Crippen LogP contribution in [0.3, 0.4) is 0 Å². The molecule has 0 atom stereocenters. The first kappa shape index (κ1) is 13.1. The Bertz CT molecular complexity index is 571. The number of carboxylic acid groups (broad SMARTS) is 1. The zero-order valence-electron chi connectivity index (χ0n) is 10.6. The lowest BCUT2D eigenvalue weighted by Gasteiger charge is -2.05. The van der Waals surface area contributed by atoms with E-state index in [1.54, 1.807) is 0 Å². The fraction of sp³-hybridized carbons (Fsp3) is 0.118. The van der Waals surface area contributed by atoms with Crippen molar-refractivity contribution in [2.45, 2.75) is 12.8 Å². The van der Waals surface area contributed by atoms with Crippen LogP contribution in [-0.4, -0.2) is 11.1 Å². The molecular formula is C17H16O2. The van der Waals surface area contributed by atoms with Crippen LogP contribution in [0, 0.1) is 0 Å². The number of carboxylic acids is 1. The van der Waals surface area contributed by atoms with Gasteiger partial charge in [0.1, 0.15) is 0 Å². The highest BCUT2D eigenvalue weighted by Gasteiger charge is 2.01. The molecule has 0 fully saturated rings. The molecule has 0 aromatic heterocycles. The third kappa shape index (κ3) is 3.81. The van der Waals surface area contributed by atoms with Crippen LogP contribution in [0.5, 0.6) is 0 Å². The summed E-state index contributed by atoms with van der Waals surface area (Å²) in [5.41, 5.74) is 3.44. The molecule has 0 radical (unpaired) electrons. The summed E-state index contributed by atoms with van der Waals surface area (Å²) in [6, 6.07) is 18.3. The number of carbonyl (C=O) groups is 1. The van der Waals surface area contributed by atoms with E-state index in [-0.39, 0.29) is 6.42 Å². The van der Waals surface area contributed by atoms with Crippen molar-refractivity contribution in [3.8, 4) is 11.1 Å². The first-order chi connectivity index (χ1) is 9.27. The predicted molar refractivity (Wildman–Crippen MR) is 77.8 cm³/mol. The number of aliphatic carboxylic acids is 1. The van der Waals surface area contributed by atoms with E-state index in [1.807, 2.05) is 48.6 Å². The van der Waals surface area contributed by atoms with E-state index in [0.717, 1.165) is 11.1 Å². The molecular weight excluding hydrogens is 236 g/mol. The van der Waals surface area contributed by atoms with Gasteiger partial charge in [0.25, 0.3) is 0 Å². The van der Waals surface area contributed by atoms with Crippen LogP contribution >= 0.6 is 0 Å². The van der Waals surface area contributed by atoms with E-state index in [0.29, 0.717) is 6.42 Å². The van der Waals surface area contributed by atoms with Crippen LogP contribution in [0.25, 0.3) is 17.2 Å². The molecule has 2 rings (SSSR count). The molecule has 0 spiro atoms. The third-order valence-corrected chi connectivity index (χ3v) is 2.87. The number of benzene rings is 2. The van der Waals surface area contributed by atoms with Crippen molar-refractivity contribution >= 4 is 12.0 Å². The Kier molecular flexibility index (Phi) is 4.51. The Hall–Kier alpha value is -2.35. The third-order valence-electron chi connectivity index (χ3n) is 2.87. The van der Waals surface area contributed by atoms with Crippen LogP contribution in [-0.2, 0) is 4.79 Å². The molecule has 2 aromatic carbocycles. The molecule has 0 aliphatic heterocycles. The van der Waals surface area contributed by atoms with Gasteiger partial charge in [-0.15, -0.1) is 0 Å². The monoisotopic (exact) mass is 252 g/mol. The minimum absolute atomic E-state index is 0.171. The molecule has 0 unspecified atom stereocenters. The summed E-state index contributed by atoms with van der Waals surface area (Å²) in [7, 11) is 0. The summed E-state index contributed by atoms with van der Waals surface area (Å²) in [5, 5.41) is 8.61. The van der Waals surface area contributed by atoms with Crippen molar-refractivity contribution in [1.29, 1.82) is 0 Å². The molecule has 0 saturated carbocycles. The second-order valence-electron chi connectivity index (χ2n) is 4.29. The zero-order valence-corrected chi connectivity index (χ0v) is 10.6. The average molecular weight is 252 g/mol. The fourth-order valence-electron chi connectivity index (χ4n) is 1.94. The second kappa shape index (κ2) is 6.55. The standard InChI is InChI=1S/C17H16O2/c18-17(19)13-7-5-11-15-10-4-6-12-16(15)14-8-2-1-3-9-14/h1-6,8-12H,7,13H2,(H,18,19). The highest BCUT2D eigenvalue weighted by atomic mass is 16.4. The lowest BCUT2D eigenvalue weighted by molar-refractivity contribution is -0.136. The van der Waals surface area contributed by atoms with Gasteiger partial charge in [0.15, 0.2) is 0 Å². The predicted octanol–water partition coefficient (Wildman–Crippen LogP) is 4.23. The molecule has 0 aliphatic carbocycles. The summed E-state index contributed by atoms with van der Waals surface area (Å²) in [6.07, 6.45) is 4.63. The van der Waals surface area contributed by atoms with Crippen molar-refractivity contribution in [2.24, 2.45) is 0 Å². The van der Waals surface area contributed by atoms with Gasteiger partial charge >= 0.3 is 5.97 Å². The van der Waals surface area contributed by atoms with E-state index in [9.17, 15) is 4.79 Å². The van der Waals surface area contributed by atoms with Gasteiger partial charge in [-0.3, -0.25) is 4.79 Å². The van der Waals surface area contributed by atoms with E-state index in [1.165, 1.54) is 5.56 Å². The number of hydrogen-bond donors (Lipinski definition) is 1. The highest BCUT2D eigenvalue weighted by molar-refractivity contribution is 5.75. The zero-order chi connectivity index (χ0) is 13.5. The average Bonchev–Trinajstić information content (AvgIpc) is 2.45. The lowest BCUT2D eigenvalue weighted by atomic mass is 9.99. The van der Waals surface area contributed by atoms with Crippen LogP contribution in [0.15, 0.2) is 60.7 Å². The Labute approximate surface area is 113 Å². The van der Waals surface area contributed by atoms with E-state index in [2.05, 4.69) is 18.2 Å². The van der Waals surface area contributed by atoms with Gasteiger partial charge in [-0.1, -0.05) is 66.7 Å². The van der Waals surface area contributed by atoms with Crippen molar-refractivity contribution in [2.75, 3.05) is 0 Å². The van der Waals surface area contributed by atoms with Crippen molar-refractivity contribution in [3.63, 3.8) is 0 Å². The van der Waals surface area contributed by atoms with E-state index >= 15 is 0 Å². The van der Waals surface area contributed by atoms with Crippen LogP contribution in [0.4, 0.5) is 0 Å². The number of rotatable bonds is 5. The summed E-state index contributed by atoms with van der Waals surface area (Å²) in [4.78, 5) is 10.5. The molecule has 19 heavy (non-hydrogen) atoms. The quantitative estimate of drug-likeness (QED) is 0.864. The highest BCUT2D eigenvalue weighted by Crippen LogP contribution is 2.24. The van der Waals surface area contributed by atoms with Gasteiger partial charge in [-0.25, -0.2) is 0 Å². The van der Waals surface area contributed by atoms with Crippen molar-refractivity contribution in [1.82, 2.24) is 0 Å². The van der Waals surface area contributed by atoms with E-state index in [4.69, 9.17) is 5.11 Å². The molecule has 0 heterocycles. The van der Waals surface area contributed by atoms with Gasteiger partial charge in [-0.2, -0.15) is 0 Å². The van der Waals surface area contributed by atoms with Gasteiger partial charge in [0, 0.05) is 6.42 Å². The SMILES string of the molecule is O=C(O)CCC=Cc1ccccc1-c1ccccc1. The summed E-state index contributed by atoms with van der Waals surface area (Å²) in [6.45, 7) is 0. The molecule has 0 aliphatic rings. The van der Waals surface area contributed by atoms with Crippen molar-refractivity contribution < 1.29 is 9.90 Å². The van der Waals surface area contributed by atoms with Crippen molar-refractivity contribution in [3.05, 3.63) is 66.2 Å². The smallest absolute Gasteiger partial charge is 0.303 e. The molecule has 96 valence electrons. The minimum Gasteiger partial charge on any atom is -0.481 e. The second-order valence-corrected chi connectivity index (χ2v) is 4.29. The van der Waals surface area contributed by atoms with Gasteiger partial charge in [0.05, 0.1) is 0 Å². The molecule has 0 bridgehead atoms. The maximum atomic E-state index is 10.5. The number of hydrogen-bond acceptors (Lipinski definition) is 1. The lowest BCUT2D eigenvalue weighted by Crippen LogP contribution is -1.91. The number of allylic oxidation sites excluding steroid dienone is 1. The Morgan fingerprint density at radius 1 is 1.00 bits per heavy atom. The first-order valence-electron chi connectivity index (χ1n) is 6.30. The molecule has 0 amide bonds. The Morgan fingerprint density at radius 3 is 2.42 bits per heavy atom. The first-order valence-corrected chi connectivity index (χ1v) is 6.30. The molecule has 2 nitrogen and oxygen atoms in total. The maximum Gasteiger partial charge on any atom is 0.303 e. The van der Waals surface area contributed by atoms with Gasteiger partial charge in [-0.05, 0) is 23.1 Å². The van der Waals surface area contributed by atoms with Gasteiger partial charge < -0.3 is 5.11 Å². The molecule has 2 aromatic rings. The minimum atomic E-state index is -0.763. The van der Waals surface area contributed by atoms with Crippen LogP contribution < -0.4 is 0 Å². The Morgan fingerprint density at radius 2 is 1.68 bits per heavy atom. The maximum absolute atomic E-state index is 10.5. The molecule has 1 N–H and O–H groups in total. The summed E-state index contributed by atoms with van der Waals surface area (Å²) < 4.78 is 0. The summed E-state index contributed by atoms with van der Waals surface area (Å²) in [5.74, 6) is -0.763. The van der Waals surface area contributed by atoms with Gasteiger partial charge in [0.2, 0.25) is 0 Å². The van der Waals surface area contributed by atoms with Crippen LogP contribution in [0.1, 0.15) is 18.4 Å². The normalized spacial score (nSPS) is 10.7. The molecule has 2 heteroatoms. The van der Waals surface area contributed by atoms with Crippen LogP contribution in [0.2, 0.25) is 0 Å². The Balaban J connectivity index is 2.20. The van der Waals surface area contributed by atoms with E-state index < -0.39 is 5.97 Å². The topological polar surface area (TPSA) is 37.3 Å².